The number of methoxy groups -OCH3 is 1. The second-order valence-corrected chi connectivity index (χ2v) is 12.6. The minimum atomic E-state index is -3.91. The van der Waals surface area contributed by atoms with E-state index in [9.17, 15) is 13.5 Å². The summed E-state index contributed by atoms with van der Waals surface area (Å²) in [5.74, 6) is 0.217. The molecule has 3 aromatic carbocycles. The third-order valence-corrected chi connectivity index (χ3v) is 8.28. The molecule has 10 heteroatoms. The maximum absolute atomic E-state index is 13.8. The van der Waals surface area contributed by atoms with Gasteiger partial charge in [0.1, 0.15) is 0 Å². The van der Waals surface area contributed by atoms with Crippen LogP contribution in [0.5, 0.6) is 11.5 Å². The summed E-state index contributed by atoms with van der Waals surface area (Å²) in [7, 11) is -2.47. The van der Waals surface area contributed by atoms with Crippen LogP contribution in [0, 0.1) is 0 Å². The summed E-state index contributed by atoms with van der Waals surface area (Å²) in [5, 5.41) is 13.0. The lowest BCUT2D eigenvalue weighted by Crippen LogP contribution is -2.30. The second-order valence-electron chi connectivity index (χ2n) is 9.35. The van der Waals surface area contributed by atoms with E-state index in [4.69, 9.17) is 22.7 Å². The van der Waals surface area contributed by atoms with Crippen molar-refractivity contribution in [3.63, 3.8) is 0 Å². The van der Waals surface area contributed by atoms with Crippen molar-refractivity contribution in [2.75, 3.05) is 12.4 Å². The van der Waals surface area contributed by atoms with E-state index in [0.29, 0.717) is 15.7 Å². The van der Waals surface area contributed by atoms with Gasteiger partial charge in [0.25, 0.3) is 0 Å². The van der Waals surface area contributed by atoms with Crippen molar-refractivity contribution in [1.82, 2.24) is 4.31 Å². The highest BCUT2D eigenvalue weighted by atomic mass is 79.9. The van der Waals surface area contributed by atoms with Crippen molar-refractivity contribution in [3.8, 4) is 11.5 Å². The predicted molar refractivity (Wildman–Crippen MR) is 151 cm³/mol. The van der Waals surface area contributed by atoms with Gasteiger partial charge in [0, 0.05) is 23.2 Å². The molecule has 0 fully saturated rings. The predicted octanol–water partition coefficient (Wildman–Crippen LogP) is 5.51. The molecule has 0 saturated carbocycles. The molecule has 0 aliphatic heterocycles. The number of nitrogens with one attached hydrogen (secondary N) is 1. The number of halogens is 1. The molecule has 3 aromatic rings. The second kappa shape index (κ2) is 11.2. The van der Waals surface area contributed by atoms with E-state index in [1.807, 2.05) is 24.3 Å². The molecular weight excluding hydrogens is 562 g/mol. The summed E-state index contributed by atoms with van der Waals surface area (Å²) in [6, 6.07) is 17.3. The van der Waals surface area contributed by atoms with Crippen molar-refractivity contribution in [1.29, 1.82) is 0 Å². The van der Waals surface area contributed by atoms with Crippen LogP contribution in [0.25, 0.3) is 0 Å². The van der Waals surface area contributed by atoms with Crippen molar-refractivity contribution in [3.05, 3.63) is 81.8 Å². The molecule has 0 saturated heterocycles. The van der Waals surface area contributed by atoms with Gasteiger partial charge in [-0.3, -0.25) is 0 Å². The summed E-state index contributed by atoms with van der Waals surface area (Å²) in [4.78, 5) is 0.129. The average molecular weight is 593 g/mol. The molecule has 36 heavy (non-hydrogen) atoms. The zero-order chi connectivity index (χ0) is 26.7. The molecule has 0 aromatic heterocycles. The first-order valence-corrected chi connectivity index (χ1v) is 13.8. The largest absolute Gasteiger partial charge is 0.504 e. The Kier molecular flexibility index (Phi) is 8.66. The Labute approximate surface area is 226 Å². The molecule has 0 aliphatic rings. The Bertz CT molecular complexity index is 1340. The Morgan fingerprint density at radius 1 is 1.08 bits per heavy atom. The topological polar surface area (TPSA) is 105 Å². The van der Waals surface area contributed by atoms with E-state index in [1.54, 1.807) is 18.2 Å². The molecule has 0 bridgehead atoms. The van der Waals surface area contributed by atoms with Crippen LogP contribution in [0.15, 0.2) is 70.0 Å². The standard InChI is InChI=1S/C26H30BrN3O4S2/c1-26(2,3)19-7-5-17(6-8-19)15-30(16-18-13-24(34-4)23(31)14-22(18)27)36(32,33)21-11-9-20(10-12-21)29-25(28)35/h5-14,31H,15-16H2,1-4H3,(H3,28,29,35). The lowest BCUT2D eigenvalue weighted by atomic mass is 9.87. The number of phenols is 1. The number of ether oxygens (including phenoxy) is 1. The van der Waals surface area contributed by atoms with Crippen LogP contribution in [0.3, 0.4) is 0 Å². The lowest BCUT2D eigenvalue weighted by molar-refractivity contribution is 0.369. The van der Waals surface area contributed by atoms with Crippen LogP contribution in [0.1, 0.15) is 37.5 Å². The van der Waals surface area contributed by atoms with Crippen LogP contribution in [0.2, 0.25) is 0 Å². The van der Waals surface area contributed by atoms with Crippen molar-refractivity contribution < 1.29 is 18.3 Å². The summed E-state index contributed by atoms with van der Waals surface area (Å²) in [6.07, 6.45) is 0. The molecule has 192 valence electrons. The van der Waals surface area contributed by atoms with E-state index in [1.165, 1.54) is 29.6 Å². The maximum atomic E-state index is 13.8. The minimum Gasteiger partial charge on any atom is -0.504 e. The third-order valence-electron chi connectivity index (χ3n) is 5.63. The molecule has 7 nitrogen and oxygen atoms in total. The Morgan fingerprint density at radius 3 is 2.22 bits per heavy atom. The van der Waals surface area contributed by atoms with Crippen LogP contribution >= 0.6 is 28.1 Å². The van der Waals surface area contributed by atoms with Gasteiger partial charge in [-0.1, -0.05) is 61.0 Å². The third kappa shape index (κ3) is 6.76. The van der Waals surface area contributed by atoms with Gasteiger partial charge in [0.15, 0.2) is 16.6 Å². The summed E-state index contributed by atoms with van der Waals surface area (Å²) < 4.78 is 34.8. The highest BCUT2D eigenvalue weighted by Gasteiger charge is 2.27. The van der Waals surface area contributed by atoms with Gasteiger partial charge in [-0.15, -0.1) is 0 Å². The van der Waals surface area contributed by atoms with Gasteiger partial charge in [-0.2, -0.15) is 4.31 Å². The number of hydrogen-bond donors (Lipinski definition) is 3. The molecule has 0 radical (unpaired) electrons. The highest BCUT2D eigenvalue weighted by Crippen LogP contribution is 2.34. The average Bonchev–Trinajstić information content (AvgIpc) is 2.80. The normalized spacial score (nSPS) is 11.9. The summed E-state index contributed by atoms with van der Waals surface area (Å²) >= 11 is 8.29. The van der Waals surface area contributed by atoms with Gasteiger partial charge in [0.05, 0.1) is 12.0 Å². The molecule has 3 rings (SSSR count). The fourth-order valence-electron chi connectivity index (χ4n) is 3.60. The van der Waals surface area contributed by atoms with Crippen LogP contribution in [0.4, 0.5) is 5.69 Å². The molecule has 0 amide bonds. The van der Waals surface area contributed by atoms with E-state index in [2.05, 4.69) is 42.0 Å². The van der Waals surface area contributed by atoms with E-state index in [-0.39, 0.29) is 40.0 Å². The number of phenolic OH excluding ortho intramolecular Hbond substituents is 1. The molecule has 0 spiro atoms. The van der Waals surface area contributed by atoms with E-state index < -0.39 is 10.0 Å². The van der Waals surface area contributed by atoms with Crippen molar-refractivity contribution in [2.24, 2.45) is 5.73 Å². The monoisotopic (exact) mass is 591 g/mol. The highest BCUT2D eigenvalue weighted by molar-refractivity contribution is 9.10. The Morgan fingerprint density at radius 2 is 1.69 bits per heavy atom. The first-order valence-electron chi connectivity index (χ1n) is 11.1. The zero-order valence-electron chi connectivity index (χ0n) is 20.6. The first-order chi connectivity index (χ1) is 16.8. The number of aromatic hydroxyl groups is 1. The van der Waals surface area contributed by atoms with Crippen molar-refractivity contribution in [2.45, 2.75) is 44.2 Å². The quantitative estimate of drug-likeness (QED) is 0.297. The van der Waals surface area contributed by atoms with Gasteiger partial charge < -0.3 is 20.9 Å². The van der Waals surface area contributed by atoms with Gasteiger partial charge >= 0.3 is 0 Å². The maximum Gasteiger partial charge on any atom is 0.243 e. The fraction of sp³-hybridized carbons (Fsp3) is 0.269. The number of benzene rings is 3. The number of anilines is 1. The Hall–Kier alpha value is -2.66. The number of nitrogens with zero attached hydrogens (tertiary/aromatic N) is 1. The van der Waals surface area contributed by atoms with Crippen LogP contribution in [-0.4, -0.2) is 30.1 Å². The Balaban J connectivity index is 2.01. The van der Waals surface area contributed by atoms with Crippen LogP contribution < -0.4 is 15.8 Å². The SMILES string of the molecule is COc1cc(CN(Cc2ccc(C(C)(C)C)cc2)S(=O)(=O)c2ccc(NC(N)=S)cc2)c(Br)cc1O. The van der Waals surface area contributed by atoms with Crippen molar-refractivity contribution >= 4 is 49.0 Å². The van der Waals surface area contributed by atoms with Gasteiger partial charge in [-0.05, 0) is 70.7 Å². The lowest BCUT2D eigenvalue weighted by Gasteiger charge is -2.24. The number of rotatable bonds is 8. The molecule has 4 N–H and O–H groups in total. The van der Waals surface area contributed by atoms with E-state index >= 15 is 0 Å². The zero-order valence-corrected chi connectivity index (χ0v) is 23.8. The molecule has 0 atom stereocenters. The summed E-state index contributed by atoms with van der Waals surface area (Å²) in [5.41, 5.74) is 8.75. The smallest absolute Gasteiger partial charge is 0.243 e. The van der Waals surface area contributed by atoms with Gasteiger partial charge in [0.2, 0.25) is 10.0 Å². The number of thiocarbonyl (C=S) groups is 1. The minimum absolute atomic E-state index is 0.0145. The summed E-state index contributed by atoms with van der Waals surface area (Å²) in [6.45, 7) is 6.59. The number of sulfonamides is 1. The molecule has 0 heterocycles. The first kappa shape index (κ1) is 27.9. The van der Waals surface area contributed by atoms with Crippen LogP contribution in [-0.2, 0) is 28.5 Å². The molecular formula is C26H30BrN3O4S2. The van der Waals surface area contributed by atoms with E-state index in [0.717, 1.165) is 11.1 Å². The number of nitrogens with two attached hydrogens (primary N) is 1. The van der Waals surface area contributed by atoms with Gasteiger partial charge in [-0.25, -0.2) is 8.42 Å². The molecule has 0 aliphatic carbocycles. The fourth-order valence-corrected chi connectivity index (χ4v) is 5.58. The molecule has 0 unspecified atom stereocenters. The number of hydrogen-bond acceptors (Lipinski definition) is 5.